The average molecular weight is 313 g/mol. The van der Waals surface area contributed by atoms with E-state index in [1.54, 1.807) is 11.0 Å². The maximum atomic E-state index is 12.2. The summed E-state index contributed by atoms with van der Waals surface area (Å²) in [6.07, 6.45) is 4.71. The van der Waals surface area contributed by atoms with Crippen molar-refractivity contribution < 1.29 is 4.79 Å². The first-order chi connectivity index (χ1) is 11.3. The van der Waals surface area contributed by atoms with Crippen molar-refractivity contribution in [3.8, 4) is 0 Å². The van der Waals surface area contributed by atoms with Crippen molar-refractivity contribution >= 4 is 5.91 Å². The second kappa shape index (κ2) is 7.87. The lowest BCUT2D eigenvalue weighted by Crippen LogP contribution is -2.49. The van der Waals surface area contributed by atoms with Gasteiger partial charge < -0.3 is 4.90 Å². The Labute approximate surface area is 136 Å². The lowest BCUT2D eigenvalue weighted by molar-refractivity contribution is -0.133. The number of carbonyl (C=O) groups excluding carboxylic acids is 1. The smallest absolute Gasteiger partial charge is 0.224 e. The summed E-state index contributed by atoms with van der Waals surface area (Å²) in [6.45, 7) is 5.23. The van der Waals surface area contributed by atoms with Crippen molar-refractivity contribution in [3.63, 3.8) is 0 Å². The molecule has 2 aromatic rings. The van der Waals surface area contributed by atoms with Gasteiger partial charge in [0.15, 0.2) is 0 Å². The number of benzene rings is 1. The maximum Gasteiger partial charge on any atom is 0.224 e. The van der Waals surface area contributed by atoms with Crippen molar-refractivity contribution in [1.82, 2.24) is 24.6 Å². The van der Waals surface area contributed by atoms with Crippen LogP contribution < -0.4 is 0 Å². The predicted molar refractivity (Wildman–Crippen MR) is 87.8 cm³/mol. The van der Waals surface area contributed by atoms with Crippen LogP contribution in [0.25, 0.3) is 0 Å². The summed E-state index contributed by atoms with van der Waals surface area (Å²) in [7, 11) is 0. The minimum Gasteiger partial charge on any atom is -0.340 e. The molecule has 3 rings (SSSR count). The number of nitrogens with zero attached hydrogens (tertiary/aromatic N) is 5. The van der Waals surface area contributed by atoms with E-state index in [1.165, 1.54) is 11.9 Å². The van der Waals surface area contributed by atoms with Gasteiger partial charge in [-0.15, -0.1) is 0 Å². The highest BCUT2D eigenvalue weighted by atomic mass is 16.2. The zero-order chi connectivity index (χ0) is 15.9. The Balaban J connectivity index is 1.37. The molecule has 0 aliphatic carbocycles. The first-order valence-electron chi connectivity index (χ1n) is 8.18. The van der Waals surface area contributed by atoms with E-state index < -0.39 is 0 Å². The summed E-state index contributed by atoms with van der Waals surface area (Å²) in [6, 6.07) is 10.6. The Hall–Kier alpha value is -2.21. The number of piperazine rings is 1. The standard InChI is InChI=1S/C17H23N5O/c23-17(7-9-22-15-18-14-19-22)21-12-10-20(11-13-21)8-6-16-4-2-1-3-5-16/h1-5,14-15H,6-13H2. The van der Waals surface area contributed by atoms with Crippen LogP contribution in [-0.4, -0.2) is 63.2 Å². The third-order valence-electron chi connectivity index (χ3n) is 4.31. The molecule has 6 nitrogen and oxygen atoms in total. The summed E-state index contributed by atoms with van der Waals surface area (Å²) in [5.41, 5.74) is 1.37. The largest absolute Gasteiger partial charge is 0.340 e. The molecule has 6 heteroatoms. The van der Waals surface area contributed by atoms with Crippen LogP contribution in [0.1, 0.15) is 12.0 Å². The molecular weight excluding hydrogens is 290 g/mol. The summed E-state index contributed by atoms with van der Waals surface area (Å²) >= 11 is 0. The topological polar surface area (TPSA) is 54.3 Å². The molecule has 1 saturated heterocycles. The molecule has 1 aromatic heterocycles. The van der Waals surface area contributed by atoms with Crippen LogP contribution in [0.4, 0.5) is 0 Å². The number of aryl methyl sites for hydroxylation is 1. The fourth-order valence-electron chi connectivity index (χ4n) is 2.87. The molecule has 0 spiro atoms. The zero-order valence-electron chi connectivity index (χ0n) is 13.3. The summed E-state index contributed by atoms with van der Waals surface area (Å²) in [4.78, 5) is 20.5. The molecule has 1 aliphatic heterocycles. The number of amides is 1. The van der Waals surface area contributed by atoms with Crippen LogP contribution in [0.15, 0.2) is 43.0 Å². The molecule has 0 N–H and O–H groups in total. The molecule has 1 amide bonds. The molecular formula is C17H23N5O. The highest BCUT2D eigenvalue weighted by Gasteiger charge is 2.20. The van der Waals surface area contributed by atoms with Crippen LogP contribution in [-0.2, 0) is 17.8 Å². The first-order valence-corrected chi connectivity index (χ1v) is 8.18. The van der Waals surface area contributed by atoms with Gasteiger partial charge in [-0.2, -0.15) is 5.10 Å². The van der Waals surface area contributed by atoms with Gasteiger partial charge in [0, 0.05) is 39.1 Å². The van der Waals surface area contributed by atoms with Crippen molar-refractivity contribution in [1.29, 1.82) is 0 Å². The Morgan fingerprint density at radius 3 is 2.52 bits per heavy atom. The fraction of sp³-hybridized carbons (Fsp3) is 0.471. The van der Waals surface area contributed by atoms with E-state index in [0.717, 1.165) is 39.1 Å². The molecule has 0 atom stereocenters. The normalized spacial score (nSPS) is 15.7. The summed E-state index contributed by atoms with van der Waals surface area (Å²) in [5, 5.41) is 4.03. The van der Waals surface area contributed by atoms with Crippen LogP contribution in [0.2, 0.25) is 0 Å². The quantitative estimate of drug-likeness (QED) is 0.800. The van der Waals surface area contributed by atoms with Gasteiger partial charge in [-0.05, 0) is 12.0 Å². The average Bonchev–Trinajstić information content (AvgIpc) is 3.13. The van der Waals surface area contributed by atoms with Crippen molar-refractivity contribution in [3.05, 3.63) is 48.5 Å². The van der Waals surface area contributed by atoms with E-state index in [-0.39, 0.29) is 5.91 Å². The molecule has 0 radical (unpaired) electrons. The SMILES string of the molecule is O=C(CCn1cncn1)N1CCN(CCc2ccccc2)CC1. The molecule has 23 heavy (non-hydrogen) atoms. The maximum absolute atomic E-state index is 12.2. The van der Waals surface area contributed by atoms with Gasteiger partial charge in [0.25, 0.3) is 0 Å². The number of rotatable bonds is 6. The Morgan fingerprint density at radius 2 is 1.83 bits per heavy atom. The first kappa shape index (κ1) is 15.7. The van der Waals surface area contributed by atoms with Crippen LogP contribution >= 0.6 is 0 Å². The van der Waals surface area contributed by atoms with Gasteiger partial charge >= 0.3 is 0 Å². The predicted octanol–water partition coefficient (Wildman–Crippen LogP) is 1.06. The second-order valence-electron chi connectivity index (χ2n) is 5.87. The van der Waals surface area contributed by atoms with E-state index in [4.69, 9.17) is 0 Å². The second-order valence-corrected chi connectivity index (χ2v) is 5.87. The van der Waals surface area contributed by atoms with E-state index in [0.29, 0.717) is 13.0 Å². The number of carbonyl (C=O) groups is 1. The zero-order valence-corrected chi connectivity index (χ0v) is 13.3. The highest BCUT2D eigenvalue weighted by Crippen LogP contribution is 2.07. The number of aromatic nitrogens is 3. The molecule has 0 saturated carbocycles. The van der Waals surface area contributed by atoms with Crippen LogP contribution in [0.3, 0.4) is 0 Å². The monoisotopic (exact) mass is 313 g/mol. The van der Waals surface area contributed by atoms with Gasteiger partial charge in [0.05, 0.1) is 6.54 Å². The van der Waals surface area contributed by atoms with Gasteiger partial charge in [0.1, 0.15) is 12.7 Å². The van der Waals surface area contributed by atoms with Crippen molar-refractivity contribution in [2.24, 2.45) is 0 Å². The molecule has 1 fully saturated rings. The summed E-state index contributed by atoms with van der Waals surface area (Å²) in [5.74, 6) is 0.211. The van der Waals surface area contributed by atoms with E-state index >= 15 is 0 Å². The van der Waals surface area contributed by atoms with Crippen molar-refractivity contribution in [2.45, 2.75) is 19.4 Å². The molecule has 1 aliphatic rings. The van der Waals surface area contributed by atoms with Gasteiger partial charge in [-0.3, -0.25) is 14.4 Å². The number of hydrogen-bond acceptors (Lipinski definition) is 4. The lowest BCUT2D eigenvalue weighted by Gasteiger charge is -2.34. The lowest BCUT2D eigenvalue weighted by atomic mass is 10.1. The minimum atomic E-state index is 0.211. The molecule has 0 unspecified atom stereocenters. The Morgan fingerprint density at radius 1 is 1.04 bits per heavy atom. The fourth-order valence-corrected chi connectivity index (χ4v) is 2.87. The van der Waals surface area contributed by atoms with Gasteiger partial charge in [0.2, 0.25) is 5.91 Å². The molecule has 0 bridgehead atoms. The van der Waals surface area contributed by atoms with Crippen LogP contribution in [0.5, 0.6) is 0 Å². The number of hydrogen-bond donors (Lipinski definition) is 0. The summed E-state index contributed by atoms with van der Waals surface area (Å²) < 4.78 is 1.70. The third-order valence-corrected chi connectivity index (χ3v) is 4.31. The minimum absolute atomic E-state index is 0.211. The molecule has 1 aromatic carbocycles. The molecule has 122 valence electrons. The van der Waals surface area contributed by atoms with Gasteiger partial charge in [-0.1, -0.05) is 30.3 Å². The van der Waals surface area contributed by atoms with Gasteiger partial charge in [-0.25, -0.2) is 4.98 Å². The van der Waals surface area contributed by atoms with E-state index in [1.807, 2.05) is 11.0 Å². The van der Waals surface area contributed by atoms with E-state index in [9.17, 15) is 4.79 Å². The van der Waals surface area contributed by atoms with Crippen LogP contribution in [0, 0.1) is 0 Å². The Bertz CT molecular complexity index is 591. The molecule has 2 heterocycles. The van der Waals surface area contributed by atoms with E-state index in [2.05, 4.69) is 39.2 Å². The highest BCUT2D eigenvalue weighted by molar-refractivity contribution is 5.76. The Kier molecular flexibility index (Phi) is 5.37. The van der Waals surface area contributed by atoms with Crippen molar-refractivity contribution in [2.75, 3.05) is 32.7 Å². The third kappa shape index (κ3) is 4.63.